The Kier molecular flexibility index (Phi) is 4.68. The van der Waals surface area contributed by atoms with E-state index in [1.165, 1.54) is 17.4 Å². The first kappa shape index (κ1) is 15.2. The van der Waals surface area contributed by atoms with Crippen LogP contribution in [0.3, 0.4) is 0 Å². The van der Waals surface area contributed by atoms with E-state index >= 15 is 0 Å². The fraction of sp³-hybridized carbons (Fsp3) is 0.133. The molecule has 2 rings (SSSR count). The van der Waals surface area contributed by atoms with E-state index in [0.717, 1.165) is 16.5 Å². The maximum Gasteiger partial charge on any atom is 0.265 e. The Bertz CT molecular complexity index is 744. The summed E-state index contributed by atoms with van der Waals surface area (Å²) in [6, 6.07) is 4.64. The number of rotatable bonds is 2. The van der Waals surface area contributed by atoms with E-state index in [1.54, 1.807) is 6.07 Å². The summed E-state index contributed by atoms with van der Waals surface area (Å²) in [4.78, 5) is 13.2. The number of amides is 1. The third-order valence-corrected chi connectivity index (χ3v) is 3.78. The lowest BCUT2D eigenvalue weighted by atomic mass is 10.2. The highest BCUT2D eigenvalue weighted by molar-refractivity contribution is 7.14. The van der Waals surface area contributed by atoms with Crippen LogP contribution in [0.15, 0.2) is 24.3 Å². The number of halogens is 2. The van der Waals surface area contributed by atoms with E-state index in [4.69, 9.17) is 5.73 Å². The van der Waals surface area contributed by atoms with Gasteiger partial charge in [-0.15, -0.1) is 11.3 Å². The summed E-state index contributed by atoms with van der Waals surface area (Å²) in [5, 5.41) is 2.41. The van der Waals surface area contributed by atoms with Crippen molar-refractivity contribution in [1.29, 1.82) is 0 Å². The Balaban J connectivity index is 2.21. The second kappa shape index (κ2) is 6.48. The SMILES string of the molecule is Cc1cc(C(=O)Nc2ccc(F)cc2F)sc1C#CCN. The second-order valence-electron chi connectivity index (χ2n) is 4.21. The maximum atomic E-state index is 13.5. The highest BCUT2D eigenvalue weighted by Gasteiger charge is 2.14. The number of nitrogens with two attached hydrogens (primary N) is 1. The third kappa shape index (κ3) is 3.66. The molecule has 0 radical (unpaired) electrons. The van der Waals surface area contributed by atoms with Crippen LogP contribution in [-0.2, 0) is 0 Å². The minimum absolute atomic E-state index is 0.0676. The molecule has 21 heavy (non-hydrogen) atoms. The van der Waals surface area contributed by atoms with Crippen molar-refractivity contribution in [3.8, 4) is 11.8 Å². The number of carbonyl (C=O) groups is 1. The number of hydrogen-bond donors (Lipinski definition) is 2. The molecular formula is C15H12F2N2OS. The van der Waals surface area contributed by atoms with Crippen LogP contribution in [0.1, 0.15) is 20.1 Å². The van der Waals surface area contributed by atoms with Crippen LogP contribution in [0, 0.1) is 30.4 Å². The molecule has 0 aliphatic carbocycles. The minimum atomic E-state index is -0.820. The number of nitrogens with one attached hydrogen (secondary N) is 1. The summed E-state index contributed by atoms with van der Waals surface area (Å²) in [5.74, 6) is 3.61. The zero-order valence-corrected chi connectivity index (χ0v) is 12.0. The number of carbonyl (C=O) groups excluding carboxylic acids is 1. The van der Waals surface area contributed by atoms with Gasteiger partial charge in [-0.2, -0.15) is 0 Å². The topological polar surface area (TPSA) is 55.1 Å². The van der Waals surface area contributed by atoms with Gasteiger partial charge in [0, 0.05) is 6.07 Å². The van der Waals surface area contributed by atoms with E-state index in [2.05, 4.69) is 17.2 Å². The second-order valence-corrected chi connectivity index (χ2v) is 5.26. The van der Waals surface area contributed by atoms with Crippen LogP contribution in [0.5, 0.6) is 0 Å². The van der Waals surface area contributed by atoms with Gasteiger partial charge in [-0.1, -0.05) is 11.8 Å². The van der Waals surface area contributed by atoms with Gasteiger partial charge in [-0.3, -0.25) is 4.79 Å². The molecule has 0 saturated carbocycles. The third-order valence-electron chi connectivity index (χ3n) is 2.62. The number of aryl methyl sites for hydroxylation is 1. The normalized spacial score (nSPS) is 9.90. The molecule has 3 N–H and O–H groups in total. The summed E-state index contributed by atoms with van der Waals surface area (Å²) in [7, 11) is 0. The summed E-state index contributed by atoms with van der Waals surface area (Å²) in [6.45, 7) is 2.06. The van der Waals surface area contributed by atoms with Crippen LogP contribution in [0.4, 0.5) is 14.5 Å². The molecule has 0 fully saturated rings. The maximum absolute atomic E-state index is 13.5. The van der Waals surface area contributed by atoms with Crippen molar-refractivity contribution >= 4 is 22.9 Å². The van der Waals surface area contributed by atoms with E-state index in [9.17, 15) is 13.6 Å². The Morgan fingerprint density at radius 3 is 2.81 bits per heavy atom. The van der Waals surface area contributed by atoms with Gasteiger partial charge in [-0.05, 0) is 30.7 Å². The zero-order chi connectivity index (χ0) is 15.4. The van der Waals surface area contributed by atoms with Crippen molar-refractivity contribution < 1.29 is 13.6 Å². The smallest absolute Gasteiger partial charge is 0.265 e. The molecule has 0 atom stereocenters. The summed E-state index contributed by atoms with van der Waals surface area (Å²) < 4.78 is 26.3. The van der Waals surface area contributed by atoms with Crippen molar-refractivity contribution in [2.45, 2.75) is 6.92 Å². The number of anilines is 1. The van der Waals surface area contributed by atoms with E-state index in [-0.39, 0.29) is 12.2 Å². The molecule has 0 saturated heterocycles. The van der Waals surface area contributed by atoms with Crippen molar-refractivity contribution in [2.75, 3.05) is 11.9 Å². The molecule has 3 nitrogen and oxygen atoms in total. The first-order valence-electron chi connectivity index (χ1n) is 6.07. The largest absolute Gasteiger partial charge is 0.320 e. The Morgan fingerprint density at radius 2 is 2.14 bits per heavy atom. The van der Waals surface area contributed by atoms with Gasteiger partial charge in [-0.25, -0.2) is 8.78 Å². The first-order valence-corrected chi connectivity index (χ1v) is 6.88. The fourth-order valence-electron chi connectivity index (χ4n) is 1.62. The molecule has 0 unspecified atom stereocenters. The quantitative estimate of drug-likeness (QED) is 0.838. The molecule has 0 aliphatic heterocycles. The predicted molar refractivity (Wildman–Crippen MR) is 79.3 cm³/mol. The molecule has 6 heteroatoms. The Labute approximate surface area is 124 Å². The predicted octanol–water partition coefficient (Wildman–Crippen LogP) is 2.90. The fourth-order valence-corrected chi connectivity index (χ4v) is 2.57. The molecule has 1 aromatic heterocycles. The van der Waals surface area contributed by atoms with Crippen LogP contribution < -0.4 is 11.1 Å². The van der Waals surface area contributed by atoms with Crippen molar-refractivity contribution in [3.05, 3.63) is 51.2 Å². The van der Waals surface area contributed by atoms with Gasteiger partial charge in [0.1, 0.15) is 11.6 Å². The van der Waals surface area contributed by atoms with Crippen molar-refractivity contribution in [3.63, 3.8) is 0 Å². The van der Waals surface area contributed by atoms with Gasteiger partial charge < -0.3 is 11.1 Å². The monoisotopic (exact) mass is 306 g/mol. The summed E-state index contributed by atoms with van der Waals surface area (Å²) in [6.07, 6.45) is 0. The van der Waals surface area contributed by atoms with Crippen LogP contribution in [-0.4, -0.2) is 12.5 Å². The number of thiophene rings is 1. The van der Waals surface area contributed by atoms with Gasteiger partial charge in [0.05, 0.1) is 22.0 Å². The molecule has 0 aliphatic rings. The van der Waals surface area contributed by atoms with Gasteiger partial charge in [0.15, 0.2) is 0 Å². The van der Waals surface area contributed by atoms with Crippen LogP contribution >= 0.6 is 11.3 Å². The standard InChI is InChI=1S/C15H12F2N2OS/c1-9-7-14(21-13(9)3-2-6-18)15(20)19-12-5-4-10(16)8-11(12)17/h4-5,7-8H,6,18H2,1H3,(H,19,20). The highest BCUT2D eigenvalue weighted by Crippen LogP contribution is 2.23. The van der Waals surface area contributed by atoms with E-state index in [1.807, 2.05) is 6.92 Å². The van der Waals surface area contributed by atoms with E-state index in [0.29, 0.717) is 10.9 Å². The lowest BCUT2D eigenvalue weighted by Crippen LogP contribution is -2.11. The molecule has 1 heterocycles. The van der Waals surface area contributed by atoms with Crippen LogP contribution in [0.25, 0.3) is 0 Å². The minimum Gasteiger partial charge on any atom is -0.320 e. The van der Waals surface area contributed by atoms with Crippen molar-refractivity contribution in [1.82, 2.24) is 0 Å². The Morgan fingerprint density at radius 1 is 1.38 bits per heavy atom. The number of benzene rings is 1. The molecule has 2 aromatic rings. The summed E-state index contributed by atoms with van der Waals surface area (Å²) >= 11 is 1.20. The van der Waals surface area contributed by atoms with Crippen LogP contribution in [0.2, 0.25) is 0 Å². The van der Waals surface area contributed by atoms with E-state index < -0.39 is 17.5 Å². The van der Waals surface area contributed by atoms with Crippen molar-refractivity contribution in [2.24, 2.45) is 5.73 Å². The lowest BCUT2D eigenvalue weighted by molar-refractivity contribution is 0.103. The van der Waals surface area contributed by atoms with Gasteiger partial charge >= 0.3 is 0 Å². The number of hydrogen-bond acceptors (Lipinski definition) is 3. The molecular weight excluding hydrogens is 294 g/mol. The van der Waals surface area contributed by atoms with Gasteiger partial charge in [0.25, 0.3) is 5.91 Å². The van der Waals surface area contributed by atoms with Gasteiger partial charge in [0.2, 0.25) is 0 Å². The average Bonchev–Trinajstić information content (AvgIpc) is 2.81. The highest BCUT2D eigenvalue weighted by atomic mass is 32.1. The summed E-state index contributed by atoms with van der Waals surface area (Å²) in [5.41, 5.74) is 6.09. The molecule has 108 valence electrons. The molecule has 1 amide bonds. The molecule has 1 aromatic carbocycles. The zero-order valence-electron chi connectivity index (χ0n) is 11.2. The molecule has 0 bridgehead atoms. The lowest BCUT2D eigenvalue weighted by Gasteiger charge is -2.04. The Hall–Kier alpha value is -2.23. The first-order chi connectivity index (χ1) is 10.0. The average molecular weight is 306 g/mol. The molecule has 0 spiro atoms.